The summed E-state index contributed by atoms with van der Waals surface area (Å²) in [7, 11) is 0. The fourth-order valence-corrected chi connectivity index (χ4v) is 1.92. The first-order chi connectivity index (χ1) is 8.13. The summed E-state index contributed by atoms with van der Waals surface area (Å²) < 4.78 is 10.7. The van der Waals surface area contributed by atoms with Crippen molar-refractivity contribution in [1.29, 1.82) is 0 Å². The Balaban J connectivity index is 2.33. The number of benzene rings is 1. The quantitative estimate of drug-likeness (QED) is 0.735. The zero-order valence-corrected chi connectivity index (χ0v) is 9.85. The molecule has 0 bridgehead atoms. The summed E-state index contributed by atoms with van der Waals surface area (Å²) in [4.78, 5) is 0. The minimum Gasteiger partial charge on any atom is -0.486 e. The molecule has 0 aliphatic carbocycles. The molecule has 2 unspecified atom stereocenters. The summed E-state index contributed by atoms with van der Waals surface area (Å²) in [5.41, 5.74) is 6.06. The molecule has 2 rings (SSSR count). The van der Waals surface area contributed by atoms with E-state index in [4.69, 9.17) is 31.9 Å². The molecule has 0 saturated carbocycles. The van der Waals surface area contributed by atoms with Crippen LogP contribution in [0.2, 0.25) is 5.02 Å². The Bertz CT molecular complexity index is 413. The van der Waals surface area contributed by atoms with Crippen molar-refractivity contribution in [2.45, 2.75) is 12.1 Å². The van der Waals surface area contributed by atoms with Crippen LogP contribution in [0.4, 0.5) is 0 Å². The maximum atomic E-state index is 9.88. The predicted molar refractivity (Wildman–Crippen MR) is 62.5 cm³/mol. The molecule has 94 valence electrons. The molecule has 1 aliphatic heterocycles. The third-order valence-corrected chi connectivity index (χ3v) is 2.86. The van der Waals surface area contributed by atoms with Gasteiger partial charge in [0.05, 0.1) is 23.8 Å². The van der Waals surface area contributed by atoms with Crippen molar-refractivity contribution in [2.75, 3.05) is 19.8 Å². The molecule has 17 heavy (non-hydrogen) atoms. The molecule has 0 saturated heterocycles. The van der Waals surface area contributed by atoms with E-state index in [1.165, 1.54) is 0 Å². The van der Waals surface area contributed by atoms with Gasteiger partial charge in [0.15, 0.2) is 11.5 Å². The van der Waals surface area contributed by atoms with Crippen LogP contribution < -0.4 is 15.2 Å². The van der Waals surface area contributed by atoms with Gasteiger partial charge in [-0.15, -0.1) is 0 Å². The molecule has 0 spiro atoms. The van der Waals surface area contributed by atoms with E-state index in [-0.39, 0.29) is 6.61 Å². The maximum Gasteiger partial charge on any atom is 0.179 e. The highest BCUT2D eigenvalue weighted by Crippen LogP contribution is 2.39. The van der Waals surface area contributed by atoms with E-state index in [1.54, 1.807) is 12.1 Å². The Morgan fingerprint density at radius 1 is 1.35 bits per heavy atom. The molecule has 1 aromatic carbocycles. The number of fused-ring (bicyclic) bond motifs is 1. The normalized spacial score (nSPS) is 17.6. The molecule has 2 atom stereocenters. The zero-order chi connectivity index (χ0) is 12.4. The van der Waals surface area contributed by atoms with Crippen LogP contribution in [0.1, 0.15) is 11.7 Å². The number of aliphatic hydroxyl groups is 2. The fourth-order valence-electron chi connectivity index (χ4n) is 1.65. The van der Waals surface area contributed by atoms with Gasteiger partial charge in [0.1, 0.15) is 13.2 Å². The predicted octanol–water partition coefficient (Wildman–Crippen LogP) is 0.464. The summed E-state index contributed by atoms with van der Waals surface area (Å²) in [6, 6.07) is 2.43. The lowest BCUT2D eigenvalue weighted by atomic mass is 10.0. The number of ether oxygens (including phenoxy) is 2. The van der Waals surface area contributed by atoms with Gasteiger partial charge < -0.3 is 25.4 Å². The van der Waals surface area contributed by atoms with Crippen molar-refractivity contribution in [3.05, 3.63) is 22.7 Å². The van der Waals surface area contributed by atoms with Crippen molar-refractivity contribution in [3.8, 4) is 11.5 Å². The summed E-state index contributed by atoms with van der Waals surface area (Å²) in [5.74, 6) is 0.967. The SMILES string of the molecule is NC(CO)C(O)c1cc(Cl)c2c(c1)OCCO2. The van der Waals surface area contributed by atoms with E-state index in [0.717, 1.165) is 0 Å². The number of rotatable bonds is 3. The van der Waals surface area contributed by atoms with E-state index in [9.17, 15) is 5.11 Å². The first kappa shape index (κ1) is 12.4. The van der Waals surface area contributed by atoms with Crippen LogP contribution in [-0.4, -0.2) is 36.1 Å². The maximum absolute atomic E-state index is 9.88. The molecule has 1 heterocycles. The number of halogens is 1. The molecule has 1 aliphatic rings. The smallest absolute Gasteiger partial charge is 0.179 e. The summed E-state index contributed by atoms with van der Waals surface area (Å²) in [5, 5.41) is 19.1. The van der Waals surface area contributed by atoms with Gasteiger partial charge in [-0.25, -0.2) is 0 Å². The number of nitrogens with two attached hydrogens (primary N) is 1. The van der Waals surface area contributed by atoms with Crippen molar-refractivity contribution in [2.24, 2.45) is 5.73 Å². The number of hydrogen-bond donors (Lipinski definition) is 3. The second-order valence-electron chi connectivity index (χ2n) is 3.82. The Hall–Kier alpha value is -1.01. The highest BCUT2D eigenvalue weighted by Gasteiger charge is 2.22. The summed E-state index contributed by atoms with van der Waals surface area (Å²) >= 11 is 6.02. The third-order valence-electron chi connectivity index (χ3n) is 2.58. The highest BCUT2D eigenvalue weighted by atomic mass is 35.5. The standard InChI is InChI=1S/C11H14ClNO4/c12-7-3-6(10(15)8(13)5-14)4-9-11(7)17-2-1-16-9/h3-4,8,10,14-15H,1-2,5,13H2. The first-order valence-corrected chi connectivity index (χ1v) is 5.65. The molecule has 0 amide bonds. The van der Waals surface area contributed by atoms with E-state index in [2.05, 4.69) is 0 Å². The second kappa shape index (κ2) is 5.10. The van der Waals surface area contributed by atoms with Crippen molar-refractivity contribution in [3.63, 3.8) is 0 Å². The van der Waals surface area contributed by atoms with Gasteiger partial charge in [-0.3, -0.25) is 0 Å². The highest BCUT2D eigenvalue weighted by molar-refractivity contribution is 6.32. The van der Waals surface area contributed by atoms with Crippen molar-refractivity contribution in [1.82, 2.24) is 0 Å². The van der Waals surface area contributed by atoms with Crippen LogP contribution in [0, 0.1) is 0 Å². The minimum atomic E-state index is -0.992. The van der Waals surface area contributed by atoms with Crippen LogP contribution in [0.25, 0.3) is 0 Å². The van der Waals surface area contributed by atoms with Gasteiger partial charge in [0.25, 0.3) is 0 Å². The lowest BCUT2D eigenvalue weighted by Crippen LogP contribution is -2.32. The van der Waals surface area contributed by atoms with Crippen LogP contribution in [0.5, 0.6) is 11.5 Å². The largest absolute Gasteiger partial charge is 0.486 e. The molecule has 0 aromatic heterocycles. The van der Waals surface area contributed by atoms with Crippen LogP contribution >= 0.6 is 11.6 Å². The fraction of sp³-hybridized carbons (Fsp3) is 0.455. The average molecular weight is 260 g/mol. The summed E-state index contributed by atoms with van der Waals surface area (Å²) in [6.45, 7) is 0.576. The number of aliphatic hydroxyl groups excluding tert-OH is 2. The van der Waals surface area contributed by atoms with Gasteiger partial charge in [-0.2, -0.15) is 0 Å². The Morgan fingerprint density at radius 2 is 2.06 bits per heavy atom. The average Bonchev–Trinajstić information content (AvgIpc) is 2.37. The molecule has 4 N–H and O–H groups in total. The van der Waals surface area contributed by atoms with Gasteiger partial charge in [0.2, 0.25) is 0 Å². The minimum absolute atomic E-state index is 0.312. The van der Waals surface area contributed by atoms with Gasteiger partial charge in [-0.1, -0.05) is 11.6 Å². The van der Waals surface area contributed by atoms with E-state index in [1.807, 2.05) is 0 Å². The molecular formula is C11H14ClNO4. The molecule has 5 nitrogen and oxygen atoms in total. The molecule has 0 fully saturated rings. The second-order valence-corrected chi connectivity index (χ2v) is 4.23. The Labute approximate surface area is 104 Å². The lowest BCUT2D eigenvalue weighted by molar-refractivity contribution is 0.108. The Morgan fingerprint density at radius 3 is 2.76 bits per heavy atom. The first-order valence-electron chi connectivity index (χ1n) is 5.27. The summed E-state index contributed by atoms with van der Waals surface area (Å²) in [6.07, 6.45) is -0.992. The lowest BCUT2D eigenvalue weighted by Gasteiger charge is -2.23. The van der Waals surface area contributed by atoms with E-state index in [0.29, 0.717) is 35.3 Å². The van der Waals surface area contributed by atoms with Gasteiger partial charge in [-0.05, 0) is 17.7 Å². The van der Waals surface area contributed by atoms with Gasteiger partial charge in [0, 0.05) is 0 Å². The Kier molecular flexibility index (Phi) is 3.73. The van der Waals surface area contributed by atoms with Crippen molar-refractivity contribution >= 4 is 11.6 Å². The van der Waals surface area contributed by atoms with E-state index >= 15 is 0 Å². The molecule has 1 aromatic rings. The monoisotopic (exact) mass is 259 g/mol. The van der Waals surface area contributed by atoms with Crippen LogP contribution in [0.15, 0.2) is 12.1 Å². The van der Waals surface area contributed by atoms with Crippen LogP contribution in [-0.2, 0) is 0 Å². The van der Waals surface area contributed by atoms with Crippen molar-refractivity contribution < 1.29 is 19.7 Å². The molecular weight excluding hydrogens is 246 g/mol. The third kappa shape index (κ3) is 2.47. The molecule has 0 radical (unpaired) electrons. The topological polar surface area (TPSA) is 84.9 Å². The van der Waals surface area contributed by atoms with Gasteiger partial charge >= 0.3 is 0 Å². The number of hydrogen-bond acceptors (Lipinski definition) is 5. The zero-order valence-electron chi connectivity index (χ0n) is 9.10. The van der Waals surface area contributed by atoms with E-state index < -0.39 is 12.1 Å². The van der Waals surface area contributed by atoms with Crippen LogP contribution in [0.3, 0.4) is 0 Å². The molecule has 6 heteroatoms.